The summed E-state index contributed by atoms with van der Waals surface area (Å²) in [7, 11) is 0. The summed E-state index contributed by atoms with van der Waals surface area (Å²) in [6.07, 6.45) is 12.9. The summed E-state index contributed by atoms with van der Waals surface area (Å²) in [6.45, 7) is 4.47. The Morgan fingerprint density at radius 2 is 1.33 bits per heavy atom. The largest absolute Gasteiger partial charge is 0.159 e. The number of aryl methyl sites for hydroxylation is 1. The first kappa shape index (κ1) is 19.5. The molecule has 0 N–H and O–H groups in total. The predicted molar refractivity (Wildman–Crippen MR) is 117 cm³/mol. The van der Waals surface area contributed by atoms with E-state index in [2.05, 4.69) is 72.6 Å². The van der Waals surface area contributed by atoms with E-state index in [0.717, 1.165) is 29.4 Å². The molecule has 0 saturated heterocycles. The van der Waals surface area contributed by atoms with Crippen LogP contribution in [0.3, 0.4) is 0 Å². The number of hydrogen-bond donors (Lipinski definition) is 0. The minimum absolute atomic E-state index is 0.744. The van der Waals surface area contributed by atoms with Gasteiger partial charge in [0.15, 0.2) is 0 Å². The monoisotopic (exact) mass is 360 g/mol. The zero-order chi connectivity index (χ0) is 18.9. The van der Waals surface area contributed by atoms with E-state index in [1.54, 1.807) is 6.21 Å². The fourth-order valence-electron chi connectivity index (χ4n) is 4.09. The molecule has 3 rings (SSSR count). The summed E-state index contributed by atoms with van der Waals surface area (Å²) in [5.41, 5.74) is 5.02. The van der Waals surface area contributed by atoms with Crippen LogP contribution in [0.4, 0.5) is 0 Å². The lowest BCUT2D eigenvalue weighted by atomic mass is 9.77. The molecule has 0 aromatic heterocycles. The maximum absolute atomic E-state index is 4.20. The van der Waals surface area contributed by atoms with Crippen molar-refractivity contribution in [3.63, 3.8) is 0 Å². The van der Waals surface area contributed by atoms with Crippen LogP contribution in [-0.4, -0.2) is 12.4 Å². The SMILES string of the molecule is CCC[C@H]1CC[C@H](c2ccc(C=NN=Cc3ccc(CC)cc3)cc2)CC1. The lowest BCUT2D eigenvalue weighted by molar-refractivity contribution is 0.308. The van der Waals surface area contributed by atoms with Gasteiger partial charge in [-0.1, -0.05) is 75.2 Å². The molecule has 1 saturated carbocycles. The van der Waals surface area contributed by atoms with Crippen molar-refractivity contribution in [3.05, 3.63) is 70.8 Å². The molecule has 1 aliphatic rings. The van der Waals surface area contributed by atoms with E-state index < -0.39 is 0 Å². The van der Waals surface area contributed by atoms with Crippen molar-refractivity contribution in [2.24, 2.45) is 16.1 Å². The van der Waals surface area contributed by atoms with E-state index in [0.29, 0.717) is 0 Å². The molecule has 0 heterocycles. The molecule has 0 radical (unpaired) electrons. The van der Waals surface area contributed by atoms with Crippen LogP contribution in [0.15, 0.2) is 58.7 Å². The molecule has 0 amide bonds. The molecule has 2 nitrogen and oxygen atoms in total. The summed E-state index contributed by atoms with van der Waals surface area (Å²) < 4.78 is 0. The highest BCUT2D eigenvalue weighted by Gasteiger charge is 2.21. The predicted octanol–water partition coefficient (Wildman–Crippen LogP) is 6.78. The molecule has 0 bridgehead atoms. The maximum atomic E-state index is 4.20. The van der Waals surface area contributed by atoms with Gasteiger partial charge in [-0.05, 0) is 66.2 Å². The van der Waals surface area contributed by atoms with E-state index in [-0.39, 0.29) is 0 Å². The van der Waals surface area contributed by atoms with E-state index in [9.17, 15) is 0 Å². The second kappa shape index (κ2) is 10.2. The highest BCUT2D eigenvalue weighted by atomic mass is 15.2. The van der Waals surface area contributed by atoms with Crippen molar-refractivity contribution >= 4 is 12.4 Å². The quantitative estimate of drug-likeness (QED) is 0.384. The minimum Gasteiger partial charge on any atom is -0.159 e. The van der Waals surface area contributed by atoms with Gasteiger partial charge in [-0.25, -0.2) is 0 Å². The Kier molecular flexibility index (Phi) is 7.38. The molecular weight excluding hydrogens is 328 g/mol. The Bertz CT molecular complexity index is 733. The van der Waals surface area contributed by atoms with Gasteiger partial charge in [-0.15, -0.1) is 0 Å². The van der Waals surface area contributed by atoms with Crippen LogP contribution in [-0.2, 0) is 6.42 Å². The maximum Gasteiger partial charge on any atom is 0.0568 e. The fourth-order valence-corrected chi connectivity index (χ4v) is 4.09. The molecule has 27 heavy (non-hydrogen) atoms. The normalized spacial score (nSPS) is 20.5. The van der Waals surface area contributed by atoms with Crippen molar-refractivity contribution in [2.75, 3.05) is 0 Å². The third-order valence-corrected chi connectivity index (χ3v) is 5.82. The van der Waals surface area contributed by atoms with E-state index in [1.165, 1.54) is 49.7 Å². The average Bonchev–Trinajstić information content (AvgIpc) is 2.73. The van der Waals surface area contributed by atoms with E-state index >= 15 is 0 Å². The Hall–Kier alpha value is -2.22. The number of rotatable bonds is 7. The summed E-state index contributed by atoms with van der Waals surface area (Å²) in [6, 6.07) is 17.3. The van der Waals surface area contributed by atoms with Crippen LogP contribution in [0.5, 0.6) is 0 Å². The minimum atomic E-state index is 0.744. The first-order valence-electron chi connectivity index (χ1n) is 10.5. The topological polar surface area (TPSA) is 24.7 Å². The Balaban J connectivity index is 1.51. The van der Waals surface area contributed by atoms with Gasteiger partial charge < -0.3 is 0 Å². The third kappa shape index (κ3) is 5.89. The van der Waals surface area contributed by atoms with Gasteiger partial charge in [0.05, 0.1) is 12.4 Å². The molecule has 2 aromatic carbocycles. The Morgan fingerprint density at radius 3 is 1.85 bits per heavy atom. The van der Waals surface area contributed by atoms with E-state index in [4.69, 9.17) is 0 Å². The highest BCUT2D eigenvalue weighted by Crippen LogP contribution is 2.37. The first-order chi connectivity index (χ1) is 13.3. The number of benzene rings is 2. The molecule has 0 atom stereocenters. The third-order valence-electron chi connectivity index (χ3n) is 5.82. The van der Waals surface area contributed by atoms with Gasteiger partial charge in [0.1, 0.15) is 0 Å². The second-order valence-corrected chi connectivity index (χ2v) is 7.76. The average molecular weight is 361 g/mol. The molecule has 142 valence electrons. The van der Waals surface area contributed by atoms with Gasteiger partial charge in [0.25, 0.3) is 0 Å². The van der Waals surface area contributed by atoms with Crippen LogP contribution in [0, 0.1) is 5.92 Å². The summed E-state index contributed by atoms with van der Waals surface area (Å²) in [5.74, 6) is 1.71. The van der Waals surface area contributed by atoms with E-state index in [1.807, 2.05) is 6.21 Å². The highest BCUT2D eigenvalue weighted by molar-refractivity contribution is 5.82. The van der Waals surface area contributed by atoms with Gasteiger partial charge in [0.2, 0.25) is 0 Å². The number of nitrogens with zero attached hydrogens (tertiary/aromatic N) is 2. The molecule has 0 aliphatic heterocycles. The summed E-state index contributed by atoms with van der Waals surface area (Å²) in [4.78, 5) is 0. The summed E-state index contributed by atoms with van der Waals surface area (Å²) in [5, 5.41) is 8.37. The Labute approximate surface area is 164 Å². The van der Waals surface area contributed by atoms with Crippen molar-refractivity contribution in [3.8, 4) is 0 Å². The van der Waals surface area contributed by atoms with Crippen LogP contribution < -0.4 is 0 Å². The Morgan fingerprint density at radius 1 is 0.778 bits per heavy atom. The fraction of sp³-hybridized carbons (Fsp3) is 0.440. The van der Waals surface area contributed by atoms with Crippen molar-refractivity contribution in [2.45, 2.75) is 64.7 Å². The zero-order valence-electron chi connectivity index (χ0n) is 16.8. The van der Waals surface area contributed by atoms with Gasteiger partial charge >= 0.3 is 0 Å². The van der Waals surface area contributed by atoms with Gasteiger partial charge in [0, 0.05) is 0 Å². The smallest absolute Gasteiger partial charge is 0.0568 e. The molecular formula is C25H32N2. The first-order valence-corrected chi connectivity index (χ1v) is 10.5. The number of hydrogen-bond acceptors (Lipinski definition) is 2. The summed E-state index contributed by atoms with van der Waals surface area (Å²) >= 11 is 0. The van der Waals surface area contributed by atoms with Gasteiger partial charge in [-0.3, -0.25) is 0 Å². The lowest BCUT2D eigenvalue weighted by Crippen LogP contribution is -2.13. The van der Waals surface area contributed by atoms with Crippen molar-refractivity contribution in [1.29, 1.82) is 0 Å². The zero-order valence-corrected chi connectivity index (χ0v) is 16.8. The van der Waals surface area contributed by atoms with Crippen LogP contribution >= 0.6 is 0 Å². The molecule has 2 aromatic rings. The second-order valence-electron chi connectivity index (χ2n) is 7.76. The van der Waals surface area contributed by atoms with Crippen LogP contribution in [0.2, 0.25) is 0 Å². The van der Waals surface area contributed by atoms with Crippen LogP contribution in [0.1, 0.15) is 80.5 Å². The molecule has 1 aliphatic carbocycles. The molecule has 2 heteroatoms. The van der Waals surface area contributed by atoms with Crippen molar-refractivity contribution < 1.29 is 0 Å². The molecule has 0 spiro atoms. The molecule has 1 fully saturated rings. The molecule has 0 unspecified atom stereocenters. The lowest BCUT2D eigenvalue weighted by Gasteiger charge is -2.28. The van der Waals surface area contributed by atoms with Crippen molar-refractivity contribution in [1.82, 2.24) is 0 Å². The van der Waals surface area contributed by atoms with Gasteiger partial charge in [-0.2, -0.15) is 10.2 Å². The standard InChI is InChI=1S/C25H32N2/c1-3-5-21-10-14-24(15-11-21)25-16-12-23(13-17-25)19-27-26-18-22-8-6-20(4-2)7-9-22/h6-9,12-13,16-19,21,24H,3-5,10-11,14-15H2,1-2H3/t21-,24-. The van der Waals surface area contributed by atoms with Crippen LogP contribution in [0.25, 0.3) is 0 Å².